The fourth-order valence-electron chi connectivity index (χ4n) is 1.50. The van der Waals surface area contributed by atoms with E-state index >= 15 is 0 Å². The number of ether oxygens (including phenoxy) is 1. The summed E-state index contributed by atoms with van der Waals surface area (Å²) in [7, 11) is 0. The van der Waals surface area contributed by atoms with Crippen LogP contribution in [-0.4, -0.2) is 37.1 Å². The first kappa shape index (κ1) is 16.2. The van der Waals surface area contributed by atoms with Crippen molar-refractivity contribution in [3.05, 3.63) is 24.2 Å². The van der Waals surface area contributed by atoms with Gasteiger partial charge in [0.25, 0.3) is 5.91 Å². The van der Waals surface area contributed by atoms with Crippen molar-refractivity contribution in [2.75, 3.05) is 13.2 Å². The smallest absolute Gasteiger partial charge is 0.287 e. The Hall–Kier alpha value is -1.82. The minimum absolute atomic E-state index is 0.190. The quantitative estimate of drug-likeness (QED) is 0.705. The molecule has 1 aromatic heterocycles. The highest BCUT2D eigenvalue weighted by Crippen LogP contribution is 2.00. The van der Waals surface area contributed by atoms with E-state index < -0.39 is 11.9 Å². The van der Waals surface area contributed by atoms with E-state index in [1.54, 1.807) is 19.1 Å². The van der Waals surface area contributed by atoms with Gasteiger partial charge in [-0.3, -0.25) is 9.59 Å². The zero-order valence-corrected chi connectivity index (χ0v) is 12.1. The second kappa shape index (κ2) is 8.37. The van der Waals surface area contributed by atoms with Crippen molar-refractivity contribution in [1.29, 1.82) is 0 Å². The van der Waals surface area contributed by atoms with Gasteiger partial charge in [-0.25, -0.2) is 0 Å². The van der Waals surface area contributed by atoms with Crippen LogP contribution in [0, 0.1) is 0 Å². The highest BCUT2D eigenvalue weighted by molar-refractivity contribution is 5.95. The van der Waals surface area contributed by atoms with Crippen molar-refractivity contribution in [3.63, 3.8) is 0 Å². The average Bonchev–Trinajstić information content (AvgIpc) is 2.91. The molecule has 0 aliphatic rings. The Morgan fingerprint density at radius 3 is 2.70 bits per heavy atom. The fraction of sp³-hybridized carbons (Fsp3) is 0.571. The molecule has 20 heavy (non-hydrogen) atoms. The molecule has 0 saturated carbocycles. The van der Waals surface area contributed by atoms with E-state index in [4.69, 9.17) is 9.15 Å². The number of nitrogens with one attached hydrogen (secondary N) is 2. The summed E-state index contributed by atoms with van der Waals surface area (Å²) in [6.07, 6.45) is 2.34. The second-order valence-electron chi connectivity index (χ2n) is 4.74. The number of rotatable bonds is 8. The molecule has 1 aromatic rings. The van der Waals surface area contributed by atoms with E-state index in [2.05, 4.69) is 10.6 Å². The Balaban J connectivity index is 2.21. The molecule has 0 saturated heterocycles. The van der Waals surface area contributed by atoms with Crippen LogP contribution < -0.4 is 10.6 Å². The van der Waals surface area contributed by atoms with Crippen molar-refractivity contribution in [3.8, 4) is 0 Å². The Morgan fingerprint density at radius 1 is 1.35 bits per heavy atom. The molecule has 0 aromatic carbocycles. The lowest BCUT2D eigenvalue weighted by Gasteiger charge is -2.13. The maximum Gasteiger partial charge on any atom is 0.287 e. The number of hydrogen-bond acceptors (Lipinski definition) is 4. The van der Waals surface area contributed by atoms with Crippen molar-refractivity contribution in [1.82, 2.24) is 10.6 Å². The summed E-state index contributed by atoms with van der Waals surface area (Å²) in [6, 6.07) is 2.55. The minimum Gasteiger partial charge on any atom is -0.459 e. The molecule has 1 rings (SSSR count). The number of amides is 2. The van der Waals surface area contributed by atoms with Crippen molar-refractivity contribution in [2.24, 2.45) is 0 Å². The summed E-state index contributed by atoms with van der Waals surface area (Å²) in [5.74, 6) is -0.440. The third-order valence-electron chi connectivity index (χ3n) is 2.56. The molecule has 2 N–H and O–H groups in total. The third-order valence-corrected chi connectivity index (χ3v) is 2.56. The van der Waals surface area contributed by atoms with E-state index in [1.807, 2.05) is 13.8 Å². The Labute approximate surface area is 118 Å². The Bertz CT molecular complexity index is 415. The van der Waals surface area contributed by atoms with Crippen LogP contribution in [0.2, 0.25) is 0 Å². The largest absolute Gasteiger partial charge is 0.459 e. The maximum atomic E-state index is 11.7. The van der Waals surface area contributed by atoms with Gasteiger partial charge in [0.05, 0.1) is 12.4 Å². The monoisotopic (exact) mass is 282 g/mol. The van der Waals surface area contributed by atoms with Gasteiger partial charge < -0.3 is 19.8 Å². The van der Waals surface area contributed by atoms with E-state index in [1.165, 1.54) is 6.26 Å². The van der Waals surface area contributed by atoms with Gasteiger partial charge in [0.2, 0.25) is 5.91 Å². The molecule has 1 unspecified atom stereocenters. The number of carbonyl (C=O) groups is 2. The van der Waals surface area contributed by atoms with Crippen LogP contribution in [0.3, 0.4) is 0 Å². The SMILES string of the molecule is CC(C)OCCCNC(=O)C(C)NC(=O)c1ccco1. The molecule has 0 aliphatic heterocycles. The molecule has 0 radical (unpaired) electrons. The van der Waals surface area contributed by atoms with Crippen LogP contribution in [0.15, 0.2) is 22.8 Å². The topological polar surface area (TPSA) is 80.6 Å². The molecule has 1 atom stereocenters. The molecule has 6 heteroatoms. The number of hydrogen-bond donors (Lipinski definition) is 2. The third kappa shape index (κ3) is 5.88. The van der Waals surface area contributed by atoms with Crippen LogP contribution in [0.25, 0.3) is 0 Å². The lowest BCUT2D eigenvalue weighted by molar-refractivity contribution is -0.122. The zero-order valence-electron chi connectivity index (χ0n) is 12.1. The van der Waals surface area contributed by atoms with Crippen LogP contribution in [0.5, 0.6) is 0 Å². The van der Waals surface area contributed by atoms with Crippen molar-refractivity contribution in [2.45, 2.75) is 39.3 Å². The standard InChI is InChI=1S/C14H22N2O4/c1-10(2)19-9-5-7-15-13(17)11(3)16-14(18)12-6-4-8-20-12/h4,6,8,10-11H,5,7,9H2,1-3H3,(H,15,17)(H,16,18). The molecule has 112 valence electrons. The average molecular weight is 282 g/mol. The second-order valence-corrected chi connectivity index (χ2v) is 4.74. The summed E-state index contributed by atoms with van der Waals surface area (Å²) in [6.45, 7) is 6.67. The molecule has 0 fully saturated rings. The first-order chi connectivity index (χ1) is 9.50. The summed E-state index contributed by atoms with van der Waals surface area (Å²) in [4.78, 5) is 23.4. The minimum atomic E-state index is -0.612. The normalized spacial score (nSPS) is 12.2. The lowest BCUT2D eigenvalue weighted by Crippen LogP contribution is -2.45. The summed E-state index contributed by atoms with van der Waals surface area (Å²) < 4.78 is 10.3. The van der Waals surface area contributed by atoms with Gasteiger partial charge in [0, 0.05) is 13.2 Å². The van der Waals surface area contributed by atoms with Gasteiger partial charge in [-0.2, -0.15) is 0 Å². The summed E-state index contributed by atoms with van der Waals surface area (Å²) in [5.41, 5.74) is 0. The maximum absolute atomic E-state index is 11.7. The predicted molar refractivity (Wildman–Crippen MR) is 74.4 cm³/mol. The predicted octanol–water partition coefficient (Wildman–Crippen LogP) is 1.33. The van der Waals surface area contributed by atoms with Crippen LogP contribution in [0.1, 0.15) is 37.7 Å². The highest BCUT2D eigenvalue weighted by atomic mass is 16.5. The summed E-state index contributed by atoms with van der Waals surface area (Å²) in [5, 5.41) is 5.31. The summed E-state index contributed by atoms with van der Waals surface area (Å²) >= 11 is 0. The molecule has 6 nitrogen and oxygen atoms in total. The van der Waals surface area contributed by atoms with Crippen molar-refractivity contribution >= 4 is 11.8 Å². The van der Waals surface area contributed by atoms with E-state index in [-0.39, 0.29) is 17.8 Å². The first-order valence-corrected chi connectivity index (χ1v) is 6.74. The van der Waals surface area contributed by atoms with Crippen LogP contribution >= 0.6 is 0 Å². The Kier molecular flexibility index (Phi) is 6.79. The van der Waals surface area contributed by atoms with E-state index in [0.717, 1.165) is 6.42 Å². The molecule has 0 aliphatic carbocycles. The van der Waals surface area contributed by atoms with E-state index in [0.29, 0.717) is 13.2 Å². The highest BCUT2D eigenvalue weighted by Gasteiger charge is 2.17. The van der Waals surface area contributed by atoms with E-state index in [9.17, 15) is 9.59 Å². The molecular formula is C14H22N2O4. The molecule has 2 amide bonds. The van der Waals surface area contributed by atoms with Crippen LogP contribution in [0.4, 0.5) is 0 Å². The van der Waals surface area contributed by atoms with Gasteiger partial charge in [-0.1, -0.05) is 0 Å². The van der Waals surface area contributed by atoms with Crippen LogP contribution in [-0.2, 0) is 9.53 Å². The molecular weight excluding hydrogens is 260 g/mol. The number of carbonyl (C=O) groups excluding carboxylic acids is 2. The fourth-order valence-corrected chi connectivity index (χ4v) is 1.50. The van der Waals surface area contributed by atoms with Gasteiger partial charge in [-0.15, -0.1) is 0 Å². The lowest BCUT2D eigenvalue weighted by atomic mass is 10.3. The molecule has 0 spiro atoms. The van der Waals surface area contributed by atoms with Gasteiger partial charge in [0.15, 0.2) is 5.76 Å². The number of furan rings is 1. The van der Waals surface area contributed by atoms with Crippen molar-refractivity contribution < 1.29 is 18.7 Å². The first-order valence-electron chi connectivity index (χ1n) is 6.74. The van der Waals surface area contributed by atoms with Gasteiger partial charge >= 0.3 is 0 Å². The van der Waals surface area contributed by atoms with Gasteiger partial charge in [-0.05, 0) is 39.3 Å². The Morgan fingerprint density at radius 2 is 2.10 bits per heavy atom. The van der Waals surface area contributed by atoms with Gasteiger partial charge in [0.1, 0.15) is 6.04 Å². The zero-order chi connectivity index (χ0) is 15.0. The molecule has 1 heterocycles. The molecule has 0 bridgehead atoms.